The lowest BCUT2D eigenvalue weighted by Crippen LogP contribution is -2.53. The van der Waals surface area contributed by atoms with Crippen LogP contribution in [0.4, 0.5) is 0 Å². The molecule has 0 aliphatic carbocycles. The van der Waals surface area contributed by atoms with Crippen molar-refractivity contribution in [1.29, 1.82) is 0 Å². The van der Waals surface area contributed by atoms with Gasteiger partial charge in [0.2, 0.25) is 11.8 Å². The van der Waals surface area contributed by atoms with Gasteiger partial charge in [0.05, 0.1) is 6.54 Å². The number of amides is 3. The average Bonchev–Trinajstić information content (AvgIpc) is 2.82. The number of hydrogen-bond donors (Lipinski definition) is 2. The van der Waals surface area contributed by atoms with Crippen molar-refractivity contribution in [3.8, 4) is 11.8 Å². The van der Waals surface area contributed by atoms with Gasteiger partial charge in [-0.15, -0.1) is 11.3 Å². The number of imide groups is 1. The fourth-order valence-electron chi connectivity index (χ4n) is 1.64. The zero-order valence-corrected chi connectivity index (χ0v) is 10.8. The fourth-order valence-corrected chi connectivity index (χ4v) is 2.46. The van der Waals surface area contributed by atoms with Crippen molar-refractivity contribution in [2.45, 2.75) is 0 Å². The molecular weight excluding hydrogens is 266 g/mol. The van der Waals surface area contributed by atoms with Crippen LogP contribution in [0.1, 0.15) is 15.2 Å². The number of hydrogen-bond acceptors (Lipinski definition) is 5. The second kappa shape index (κ2) is 5.65. The monoisotopic (exact) mass is 277 g/mol. The standard InChI is InChI=1S/C12H11N3O3S/c13-4-1-2-8-3-5-19-11(8)12(18)15-6-9(16)14-10(17)7-15/h3,5H,4,6-7,13H2,(H,14,16,17). The summed E-state index contributed by atoms with van der Waals surface area (Å²) in [6.45, 7) is -0.0352. The maximum Gasteiger partial charge on any atom is 0.266 e. The summed E-state index contributed by atoms with van der Waals surface area (Å²) in [7, 11) is 0. The first-order chi connectivity index (χ1) is 9.11. The van der Waals surface area contributed by atoms with Crippen molar-refractivity contribution in [3.63, 3.8) is 0 Å². The Morgan fingerprint density at radius 2 is 2.11 bits per heavy atom. The molecule has 1 aromatic rings. The molecule has 3 amide bonds. The van der Waals surface area contributed by atoms with Gasteiger partial charge in [-0.2, -0.15) is 0 Å². The predicted molar refractivity (Wildman–Crippen MR) is 69.3 cm³/mol. The Labute approximate surface area is 113 Å². The molecule has 2 rings (SSSR count). The molecule has 98 valence electrons. The summed E-state index contributed by atoms with van der Waals surface area (Å²) < 4.78 is 0. The number of nitrogens with one attached hydrogen (secondary N) is 1. The molecule has 1 aliphatic heterocycles. The quantitative estimate of drug-likeness (QED) is 0.517. The molecule has 1 fully saturated rings. The summed E-state index contributed by atoms with van der Waals surface area (Å²) in [5.74, 6) is 4.16. The number of nitrogens with zero attached hydrogens (tertiary/aromatic N) is 1. The van der Waals surface area contributed by atoms with E-state index in [0.717, 1.165) is 0 Å². The molecule has 1 aromatic heterocycles. The molecule has 6 nitrogen and oxygen atoms in total. The Hall–Kier alpha value is -2.17. The third-order valence-corrected chi connectivity index (χ3v) is 3.32. The first-order valence-electron chi connectivity index (χ1n) is 5.50. The summed E-state index contributed by atoms with van der Waals surface area (Å²) in [5.41, 5.74) is 5.86. The van der Waals surface area contributed by atoms with E-state index in [1.54, 1.807) is 11.4 Å². The van der Waals surface area contributed by atoms with Crippen LogP contribution in [-0.4, -0.2) is 42.3 Å². The molecule has 19 heavy (non-hydrogen) atoms. The van der Waals surface area contributed by atoms with E-state index >= 15 is 0 Å². The Balaban J connectivity index is 2.22. The molecule has 0 saturated carbocycles. The highest BCUT2D eigenvalue weighted by Gasteiger charge is 2.28. The molecule has 2 heterocycles. The van der Waals surface area contributed by atoms with Crippen LogP contribution >= 0.6 is 11.3 Å². The molecular formula is C12H11N3O3S. The van der Waals surface area contributed by atoms with Crippen molar-refractivity contribution < 1.29 is 14.4 Å². The van der Waals surface area contributed by atoms with Gasteiger partial charge in [-0.05, 0) is 11.4 Å². The van der Waals surface area contributed by atoms with Crippen molar-refractivity contribution in [2.75, 3.05) is 19.6 Å². The number of rotatable bonds is 1. The number of nitrogens with two attached hydrogens (primary N) is 1. The number of piperazine rings is 1. The maximum absolute atomic E-state index is 12.2. The molecule has 3 N–H and O–H groups in total. The lowest BCUT2D eigenvalue weighted by molar-refractivity contribution is -0.135. The van der Waals surface area contributed by atoms with E-state index in [1.807, 2.05) is 0 Å². The Kier molecular flexibility index (Phi) is 3.94. The molecule has 1 saturated heterocycles. The van der Waals surface area contributed by atoms with Crippen LogP contribution in [0.15, 0.2) is 11.4 Å². The minimum atomic E-state index is -0.476. The average molecular weight is 277 g/mol. The molecule has 0 bridgehead atoms. The van der Waals surface area contributed by atoms with Gasteiger partial charge in [0, 0.05) is 5.56 Å². The molecule has 0 spiro atoms. The predicted octanol–water partition coefficient (Wildman–Crippen LogP) is -0.843. The molecule has 0 aromatic carbocycles. The minimum absolute atomic E-state index is 0.119. The van der Waals surface area contributed by atoms with Gasteiger partial charge in [0.15, 0.2) is 0 Å². The topological polar surface area (TPSA) is 92.5 Å². The second-order valence-corrected chi connectivity index (χ2v) is 4.72. The summed E-state index contributed by atoms with van der Waals surface area (Å²) in [5, 5.41) is 3.88. The van der Waals surface area contributed by atoms with Crippen molar-refractivity contribution in [1.82, 2.24) is 10.2 Å². The van der Waals surface area contributed by atoms with Crippen LogP contribution in [0, 0.1) is 11.8 Å². The highest BCUT2D eigenvalue weighted by molar-refractivity contribution is 7.12. The van der Waals surface area contributed by atoms with E-state index < -0.39 is 11.8 Å². The van der Waals surface area contributed by atoms with E-state index in [0.29, 0.717) is 10.4 Å². The number of carbonyl (C=O) groups excluding carboxylic acids is 3. The van der Waals surface area contributed by atoms with Crippen molar-refractivity contribution >= 4 is 29.1 Å². The normalized spacial score (nSPS) is 14.7. The van der Waals surface area contributed by atoms with Gasteiger partial charge in [-0.1, -0.05) is 11.8 Å². The van der Waals surface area contributed by atoms with Crippen LogP contribution in [-0.2, 0) is 9.59 Å². The Morgan fingerprint density at radius 1 is 1.42 bits per heavy atom. The van der Waals surface area contributed by atoms with Gasteiger partial charge in [-0.25, -0.2) is 0 Å². The first-order valence-corrected chi connectivity index (χ1v) is 6.38. The summed E-state index contributed by atoms with van der Waals surface area (Å²) >= 11 is 1.23. The largest absolute Gasteiger partial charge is 0.320 e. The SMILES string of the molecule is NCC#Cc1ccsc1C(=O)N1CC(=O)NC(=O)C1. The van der Waals surface area contributed by atoms with E-state index in [2.05, 4.69) is 17.2 Å². The first kappa shape index (κ1) is 13.3. The number of thiophene rings is 1. The van der Waals surface area contributed by atoms with Crippen molar-refractivity contribution in [2.24, 2.45) is 5.73 Å². The van der Waals surface area contributed by atoms with E-state index in [-0.39, 0.29) is 25.5 Å². The van der Waals surface area contributed by atoms with E-state index in [1.165, 1.54) is 16.2 Å². The molecule has 0 radical (unpaired) electrons. The lowest BCUT2D eigenvalue weighted by atomic mass is 10.2. The van der Waals surface area contributed by atoms with E-state index in [4.69, 9.17) is 5.73 Å². The minimum Gasteiger partial charge on any atom is -0.320 e. The van der Waals surface area contributed by atoms with Crippen LogP contribution in [0.2, 0.25) is 0 Å². The zero-order valence-electron chi connectivity index (χ0n) is 9.93. The summed E-state index contributed by atoms with van der Waals surface area (Å²) in [6.07, 6.45) is 0. The second-order valence-electron chi connectivity index (χ2n) is 3.80. The molecule has 7 heteroatoms. The van der Waals surface area contributed by atoms with Gasteiger partial charge < -0.3 is 10.6 Å². The van der Waals surface area contributed by atoms with Crippen molar-refractivity contribution in [3.05, 3.63) is 21.9 Å². The van der Waals surface area contributed by atoms with Crippen LogP contribution < -0.4 is 11.1 Å². The summed E-state index contributed by atoms with van der Waals surface area (Å²) in [4.78, 5) is 36.4. The molecule has 1 aliphatic rings. The Morgan fingerprint density at radius 3 is 2.74 bits per heavy atom. The van der Waals surface area contributed by atoms with Gasteiger partial charge in [0.1, 0.15) is 18.0 Å². The van der Waals surface area contributed by atoms with Crippen LogP contribution in [0.25, 0.3) is 0 Å². The fraction of sp³-hybridized carbons (Fsp3) is 0.250. The van der Waals surface area contributed by atoms with Gasteiger partial charge >= 0.3 is 0 Å². The lowest BCUT2D eigenvalue weighted by Gasteiger charge is -2.25. The number of carbonyl (C=O) groups is 3. The third-order valence-electron chi connectivity index (χ3n) is 2.42. The van der Waals surface area contributed by atoms with Crippen LogP contribution in [0.5, 0.6) is 0 Å². The van der Waals surface area contributed by atoms with Gasteiger partial charge in [-0.3, -0.25) is 19.7 Å². The molecule has 0 atom stereocenters. The van der Waals surface area contributed by atoms with E-state index in [9.17, 15) is 14.4 Å². The van der Waals surface area contributed by atoms with Gasteiger partial charge in [0.25, 0.3) is 5.91 Å². The highest BCUT2D eigenvalue weighted by atomic mass is 32.1. The summed E-state index contributed by atoms with van der Waals surface area (Å²) in [6, 6.07) is 1.71. The highest BCUT2D eigenvalue weighted by Crippen LogP contribution is 2.18. The Bertz CT molecular complexity index is 581. The smallest absolute Gasteiger partial charge is 0.266 e. The third kappa shape index (κ3) is 2.99. The molecule has 0 unspecified atom stereocenters. The maximum atomic E-state index is 12.2. The van der Waals surface area contributed by atoms with Crippen LogP contribution in [0.3, 0.4) is 0 Å². The zero-order chi connectivity index (χ0) is 13.8.